The number of fused-ring (bicyclic) bond motifs is 1. The minimum Gasteiger partial charge on any atom is -0.353 e. The molecule has 0 saturated carbocycles. The highest BCUT2D eigenvalue weighted by Crippen LogP contribution is 2.31. The highest BCUT2D eigenvalue weighted by atomic mass is 79.9. The van der Waals surface area contributed by atoms with E-state index in [0.29, 0.717) is 10.5 Å². The maximum atomic E-state index is 4.83. The van der Waals surface area contributed by atoms with E-state index in [1.54, 1.807) is 0 Å². The van der Waals surface area contributed by atoms with Crippen LogP contribution in [0.1, 0.15) is 19.5 Å². The molecular formula is C14H18BrN3S. The number of pyridine rings is 1. The van der Waals surface area contributed by atoms with Gasteiger partial charge in [-0.3, -0.25) is 0 Å². The molecule has 0 radical (unpaired) electrons. The van der Waals surface area contributed by atoms with Crippen LogP contribution in [0.4, 0.5) is 5.82 Å². The Morgan fingerprint density at radius 2 is 2.05 bits per heavy atom. The highest BCUT2D eigenvalue weighted by Gasteiger charge is 2.26. The van der Waals surface area contributed by atoms with Gasteiger partial charge >= 0.3 is 0 Å². The topological polar surface area (TPSA) is 20.5 Å². The summed E-state index contributed by atoms with van der Waals surface area (Å²) in [6.45, 7) is 6.77. The van der Waals surface area contributed by atoms with Gasteiger partial charge < -0.3 is 9.30 Å². The third-order valence-electron chi connectivity index (χ3n) is 3.45. The van der Waals surface area contributed by atoms with Crippen molar-refractivity contribution in [1.82, 2.24) is 9.38 Å². The van der Waals surface area contributed by atoms with E-state index >= 15 is 0 Å². The van der Waals surface area contributed by atoms with Crippen LogP contribution in [-0.4, -0.2) is 33.0 Å². The Labute approximate surface area is 126 Å². The molecule has 3 nitrogen and oxygen atoms in total. The predicted molar refractivity (Wildman–Crippen MR) is 86.6 cm³/mol. The molecule has 0 aromatic carbocycles. The van der Waals surface area contributed by atoms with Gasteiger partial charge in [-0.05, 0) is 12.1 Å². The first-order valence-electron chi connectivity index (χ1n) is 6.61. The number of halogens is 1. The fourth-order valence-electron chi connectivity index (χ4n) is 2.76. The number of hydrogen-bond donors (Lipinski definition) is 0. The second kappa shape index (κ2) is 5.37. The van der Waals surface area contributed by atoms with E-state index in [4.69, 9.17) is 4.98 Å². The Hall–Kier alpha value is -0.680. The zero-order valence-electron chi connectivity index (χ0n) is 11.2. The lowest BCUT2D eigenvalue weighted by atomic mass is 10.3. The molecule has 0 aliphatic carbocycles. The Morgan fingerprint density at radius 1 is 1.32 bits per heavy atom. The second-order valence-electron chi connectivity index (χ2n) is 5.11. The molecule has 3 rings (SSSR count). The minimum atomic E-state index is 0.664. The predicted octanol–water partition coefficient (Wildman–Crippen LogP) is 3.56. The Morgan fingerprint density at radius 3 is 2.74 bits per heavy atom. The van der Waals surface area contributed by atoms with E-state index in [1.165, 1.54) is 5.69 Å². The summed E-state index contributed by atoms with van der Waals surface area (Å²) in [6.07, 6.45) is 2.09. The molecule has 2 unspecified atom stereocenters. The van der Waals surface area contributed by atoms with Crippen molar-refractivity contribution in [2.45, 2.75) is 29.7 Å². The molecule has 2 atom stereocenters. The van der Waals surface area contributed by atoms with E-state index < -0.39 is 0 Å². The lowest BCUT2D eigenvalue weighted by molar-refractivity contribution is 0.718. The molecule has 19 heavy (non-hydrogen) atoms. The van der Waals surface area contributed by atoms with Crippen LogP contribution in [0, 0.1) is 0 Å². The molecule has 1 aliphatic rings. The second-order valence-corrected chi connectivity index (χ2v) is 7.55. The van der Waals surface area contributed by atoms with E-state index in [-0.39, 0.29) is 0 Å². The van der Waals surface area contributed by atoms with Crippen molar-refractivity contribution in [3.8, 4) is 0 Å². The summed E-state index contributed by atoms with van der Waals surface area (Å²) in [6, 6.07) is 6.17. The van der Waals surface area contributed by atoms with Crippen molar-refractivity contribution in [2.75, 3.05) is 18.0 Å². The van der Waals surface area contributed by atoms with Crippen LogP contribution < -0.4 is 4.90 Å². The number of aromatic nitrogens is 2. The summed E-state index contributed by atoms with van der Waals surface area (Å²) in [5.74, 6) is 1.14. The van der Waals surface area contributed by atoms with Crippen LogP contribution in [0.25, 0.3) is 5.65 Å². The first-order valence-corrected chi connectivity index (χ1v) is 8.68. The van der Waals surface area contributed by atoms with E-state index in [9.17, 15) is 0 Å². The average Bonchev–Trinajstić information content (AvgIpc) is 2.76. The van der Waals surface area contributed by atoms with Crippen LogP contribution in [0.3, 0.4) is 0 Å². The quantitative estimate of drug-likeness (QED) is 0.780. The molecule has 0 N–H and O–H groups in total. The molecule has 2 aromatic heterocycles. The zero-order chi connectivity index (χ0) is 13.4. The molecule has 102 valence electrons. The van der Waals surface area contributed by atoms with Gasteiger partial charge in [0, 0.05) is 35.1 Å². The lowest BCUT2D eigenvalue weighted by Crippen LogP contribution is -2.41. The summed E-state index contributed by atoms with van der Waals surface area (Å²) < 4.78 is 2.18. The molecule has 1 fully saturated rings. The molecule has 0 spiro atoms. The number of hydrogen-bond acceptors (Lipinski definition) is 3. The normalized spacial score (nSPS) is 24.1. The lowest BCUT2D eigenvalue weighted by Gasteiger charge is -2.35. The number of alkyl halides is 1. The van der Waals surface area contributed by atoms with Gasteiger partial charge in [0.25, 0.3) is 0 Å². The largest absolute Gasteiger partial charge is 0.353 e. The van der Waals surface area contributed by atoms with Crippen molar-refractivity contribution in [3.05, 3.63) is 30.1 Å². The van der Waals surface area contributed by atoms with Crippen LogP contribution in [0.5, 0.6) is 0 Å². The van der Waals surface area contributed by atoms with Gasteiger partial charge in [-0.25, -0.2) is 4.98 Å². The van der Waals surface area contributed by atoms with Gasteiger partial charge in [0.2, 0.25) is 0 Å². The van der Waals surface area contributed by atoms with Crippen molar-refractivity contribution >= 4 is 39.2 Å². The zero-order valence-corrected chi connectivity index (χ0v) is 13.6. The van der Waals surface area contributed by atoms with Gasteiger partial charge in [-0.1, -0.05) is 35.8 Å². The number of rotatable bonds is 2. The fourth-order valence-corrected chi connectivity index (χ4v) is 4.61. The molecule has 1 aliphatic heterocycles. The van der Waals surface area contributed by atoms with Crippen LogP contribution in [0.2, 0.25) is 0 Å². The Bertz CT molecular complexity index is 573. The summed E-state index contributed by atoms with van der Waals surface area (Å²) in [4.78, 5) is 7.27. The summed E-state index contributed by atoms with van der Waals surface area (Å²) in [7, 11) is 0. The van der Waals surface area contributed by atoms with E-state index in [1.807, 2.05) is 6.07 Å². The molecule has 2 aromatic rings. The van der Waals surface area contributed by atoms with Gasteiger partial charge in [-0.2, -0.15) is 11.8 Å². The Kier molecular flexibility index (Phi) is 3.76. The SMILES string of the molecule is CC1CN(c2nc3ccccn3c2CBr)CC(C)S1. The minimum absolute atomic E-state index is 0.664. The van der Waals surface area contributed by atoms with Crippen molar-refractivity contribution in [2.24, 2.45) is 0 Å². The number of anilines is 1. The molecule has 0 amide bonds. The van der Waals surface area contributed by atoms with E-state index in [0.717, 1.165) is 29.9 Å². The first kappa shape index (κ1) is 13.3. The maximum absolute atomic E-state index is 4.83. The average molecular weight is 340 g/mol. The van der Waals surface area contributed by atoms with Crippen LogP contribution >= 0.6 is 27.7 Å². The molecule has 0 bridgehead atoms. The summed E-state index contributed by atoms with van der Waals surface area (Å²) >= 11 is 5.68. The molecule has 1 saturated heterocycles. The summed E-state index contributed by atoms with van der Waals surface area (Å²) in [5, 5.41) is 2.16. The van der Waals surface area contributed by atoms with Crippen LogP contribution in [-0.2, 0) is 5.33 Å². The molecule has 3 heterocycles. The maximum Gasteiger partial charge on any atom is 0.152 e. The van der Waals surface area contributed by atoms with E-state index in [2.05, 4.69) is 69.2 Å². The van der Waals surface area contributed by atoms with Crippen molar-refractivity contribution < 1.29 is 0 Å². The van der Waals surface area contributed by atoms with Gasteiger partial charge in [0.15, 0.2) is 5.82 Å². The third kappa shape index (κ3) is 2.50. The van der Waals surface area contributed by atoms with Crippen LogP contribution in [0.15, 0.2) is 24.4 Å². The first-order chi connectivity index (χ1) is 9.19. The van der Waals surface area contributed by atoms with Gasteiger partial charge in [0.05, 0.1) is 5.69 Å². The monoisotopic (exact) mass is 339 g/mol. The molecule has 5 heteroatoms. The van der Waals surface area contributed by atoms with Crippen molar-refractivity contribution in [1.29, 1.82) is 0 Å². The molecular weight excluding hydrogens is 322 g/mol. The van der Waals surface area contributed by atoms with Gasteiger partial charge in [-0.15, -0.1) is 0 Å². The summed E-state index contributed by atoms with van der Waals surface area (Å²) in [5.41, 5.74) is 2.28. The Balaban J connectivity index is 2.04. The highest BCUT2D eigenvalue weighted by molar-refractivity contribution is 9.08. The number of nitrogens with zero attached hydrogens (tertiary/aromatic N) is 3. The van der Waals surface area contributed by atoms with Gasteiger partial charge in [0.1, 0.15) is 5.65 Å². The third-order valence-corrected chi connectivity index (χ3v) is 5.21. The number of thioether (sulfide) groups is 1. The standard InChI is InChI=1S/C14H18BrN3S/c1-10-8-17(9-11(2)19-10)14-12(7-15)18-6-4-3-5-13(18)16-14/h3-6,10-11H,7-9H2,1-2H3. The van der Waals surface area contributed by atoms with Crippen molar-refractivity contribution in [3.63, 3.8) is 0 Å². The number of imidazole rings is 1. The fraction of sp³-hybridized carbons (Fsp3) is 0.500. The smallest absolute Gasteiger partial charge is 0.152 e.